The van der Waals surface area contributed by atoms with E-state index in [0.717, 1.165) is 33.4 Å². The highest BCUT2D eigenvalue weighted by Gasteiger charge is 2.21. The molecule has 4 nitrogen and oxygen atoms in total. The molecule has 5 heterocycles. The predicted octanol–water partition coefficient (Wildman–Crippen LogP) is 12.5. The van der Waals surface area contributed by atoms with E-state index in [0.29, 0.717) is 0 Å². The number of benzene rings is 7. The van der Waals surface area contributed by atoms with Gasteiger partial charge in [-0.15, -0.1) is 11.3 Å². The molecule has 0 unspecified atom stereocenters. The van der Waals surface area contributed by atoms with Crippen LogP contribution < -0.4 is 0 Å². The van der Waals surface area contributed by atoms with Gasteiger partial charge in [-0.3, -0.25) is 9.55 Å². The van der Waals surface area contributed by atoms with Gasteiger partial charge in [0, 0.05) is 70.6 Å². The molecule has 0 bridgehead atoms. The molecule has 5 aromatic heterocycles. The molecule has 12 rings (SSSR count). The van der Waals surface area contributed by atoms with Crippen molar-refractivity contribution in [1.29, 1.82) is 0 Å². The highest BCUT2D eigenvalue weighted by Crippen LogP contribution is 2.44. The van der Waals surface area contributed by atoms with Gasteiger partial charge in [0.25, 0.3) is 0 Å². The van der Waals surface area contributed by atoms with Crippen LogP contribution in [0.5, 0.6) is 0 Å². The third kappa shape index (κ3) is 3.63. The van der Waals surface area contributed by atoms with Crippen molar-refractivity contribution in [3.8, 4) is 11.5 Å². The fraction of sp³-hybridized carbons (Fsp3) is 0. The minimum absolute atomic E-state index is 0.912. The van der Waals surface area contributed by atoms with E-state index >= 15 is 0 Å². The Bertz CT molecular complexity index is 3420. The van der Waals surface area contributed by atoms with Crippen molar-refractivity contribution in [2.24, 2.45) is 0 Å². The topological polar surface area (TPSA) is 35.6 Å². The Morgan fingerprint density at radius 1 is 0.392 bits per heavy atom. The van der Waals surface area contributed by atoms with Gasteiger partial charge >= 0.3 is 0 Å². The Hall–Kier alpha value is -6.56. The minimum Gasteiger partial charge on any atom is -0.309 e. The van der Waals surface area contributed by atoms with Gasteiger partial charge in [-0.05, 0) is 76.8 Å². The zero-order valence-electron chi connectivity index (χ0n) is 27.2. The lowest BCUT2D eigenvalue weighted by molar-refractivity contribution is 1.08. The molecule has 5 heteroatoms. The second kappa shape index (κ2) is 10.0. The van der Waals surface area contributed by atoms with Crippen LogP contribution in [-0.2, 0) is 0 Å². The first-order valence-electron chi connectivity index (χ1n) is 17.2. The van der Waals surface area contributed by atoms with Crippen molar-refractivity contribution >= 4 is 108 Å². The molecule has 0 N–H and O–H groups in total. The Kier molecular flexibility index (Phi) is 5.35. The summed E-state index contributed by atoms with van der Waals surface area (Å²) in [6, 6.07) is 53.0. The molecule has 0 saturated heterocycles. The van der Waals surface area contributed by atoms with Crippen LogP contribution in [-0.4, -0.2) is 19.1 Å². The number of rotatable bonds is 2. The summed E-state index contributed by atoms with van der Waals surface area (Å²) >= 11 is 1.85. The third-order valence-corrected chi connectivity index (χ3v) is 11.9. The van der Waals surface area contributed by atoms with E-state index in [2.05, 4.69) is 143 Å². The summed E-state index contributed by atoms with van der Waals surface area (Å²) in [6.07, 6.45) is 3.80. The number of thiophene rings is 1. The second-order valence-electron chi connectivity index (χ2n) is 13.4. The average Bonchev–Trinajstić information content (AvgIpc) is 3.84. The molecule has 0 atom stereocenters. The predicted molar refractivity (Wildman–Crippen MR) is 216 cm³/mol. The van der Waals surface area contributed by atoms with Crippen molar-refractivity contribution in [2.75, 3.05) is 0 Å². The van der Waals surface area contributed by atoms with Crippen molar-refractivity contribution < 1.29 is 0 Å². The maximum atomic E-state index is 4.96. The largest absolute Gasteiger partial charge is 0.309 e. The average molecular weight is 667 g/mol. The summed E-state index contributed by atoms with van der Waals surface area (Å²) < 4.78 is 7.39. The second-order valence-corrected chi connectivity index (χ2v) is 14.5. The molecule has 51 heavy (non-hydrogen) atoms. The molecule has 0 fully saturated rings. The van der Waals surface area contributed by atoms with Crippen molar-refractivity contribution in [2.45, 2.75) is 0 Å². The lowest BCUT2D eigenvalue weighted by Gasteiger charge is -2.13. The van der Waals surface area contributed by atoms with Crippen LogP contribution >= 0.6 is 11.3 Å². The number of fused-ring (bicyclic) bond motifs is 16. The normalized spacial score (nSPS) is 12.3. The number of aromatic nitrogens is 4. The summed E-state index contributed by atoms with van der Waals surface area (Å²) in [6.45, 7) is 0. The molecule has 0 aliphatic heterocycles. The quantitative estimate of drug-likeness (QED) is 0.172. The van der Waals surface area contributed by atoms with Crippen LogP contribution in [0.1, 0.15) is 0 Å². The van der Waals surface area contributed by atoms with Crippen LogP contribution in [0.3, 0.4) is 0 Å². The summed E-state index contributed by atoms with van der Waals surface area (Å²) in [5.41, 5.74) is 6.81. The maximum Gasteiger partial charge on any atom is 0.137 e. The molecule has 0 saturated carbocycles. The van der Waals surface area contributed by atoms with E-state index in [1.165, 1.54) is 74.3 Å². The van der Waals surface area contributed by atoms with E-state index in [1.807, 2.05) is 35.9 Å². The molecular weight excluding hydrogens is 641 g/mol. The summed E-state index contributed by atoms with van der Waals surface area (Å²) in [5.74, 6) is 0.912. The van der Waals surface area contributed by atoms with Crippen molar-refractivity contribution in [3.63, 3.8) is 0 Å². The van der Waals surface area contributed by atoms with Gasteiger partial charge in [0.2, 0.25) is 0 Å². The number of nitrogens with zero attached hydrogens (tertiary/aromatic N) is 4. The Balaban J connectivity index is 1.23. The van der Waals surface area contributed by atoms with E-state index in [4.69, 9.17) is 9.97 Å². The van der Waals surface area contributed by atoms with Crippen LogP contribution in [0.2, 0.25) is 0 Å². The molecule has 12 aromatic rings. The molecule has 0 aliphatic carbocycles. The van der Waals surface area contributed by atoms with Crippen molar-refractivity contribution in [3.05, 3.63) is 158 Å². The molecule has 0 aliphatic rings. The van der Waals surface area contributed by atoms with Gasteiger partial charge in [-0.25, -0.2) is 4.98 Å². The Morgan fingerprint density at radius 2 is 1.10 bits per heavy atom. The summed E-state index contributed by atoms with van der Waals surface area (Å²) in [7, 11) is 0. The van der Waals surface area contributed by atoms with Crippen LogP contribution in [0.15, 0.2) is 158 Å². The fourth-order valence-electron chi connectivity index (χ4n) is 8.67. The smallest absolute Gasteiger partial charge is 0.137 e. The number of pyridine rings is 2. The van der Waals surface area contributed by atoms with Gasteiger partial charge in [0.05, 0.1) is 27.6 Å². The van der Waals surface area contributed by atoms with Crippen molar-refractivity contribution in [1.82, 2.24) is 19.1 Å². The maximum absolute atomic E-state index is 4.96. The number of para-hydroxylation sites is 1. The highest BCUT2D eigenvalue weighted by molar-refractivity contribution is 7.26. The first kappa shape index (κ1) is 27.3. The fourth-order valence-corrected chi connectivity index (χ4v) is 9.78. The van der Waals surface area contributed by atoms with Crippen LogP contribution in [0, 0.1) is 0 Å². The molecular formula is C46H26N4S. The van der Waals surface area contributed by atoms with Gasteiger partial charge < -0.3 is 4.57 Å². The van der Waals surface area contributed by atoms with Gasteiger partial charge in [0.1, 0.15) is 5.82 Å². The first-order valence-corrected chi connectivity index (χ1v) is 18.1. The molecule has 7 aromatic carbocycles. The molecule has 0 radical (unpaired) electrons. The monoisotopic (exact) mass is 666 g/mol. The number of hydrogen-bond donors (Lipinski definition) is 0. The van der Waals surface area contributed by atoms with Crippen LogP contribution in [0.4, 0.5) is 0 Å². The zero-order chi connectivity index (χ0) is 33.2. The van der Waals surface area contributed by atoms with Gasteiger partial charge in [-0.1, -0.05) is 84.9 Å². The van der Waals surface area contributed by atoms with Gasteiger partial charge in [0.15, 0.2) is 0 Å². The summed E-state index contributed by atoms with van der Waals surface area (Å²) in [4.78, 5) is 9.88. The van der Waals surface area contributed by atoms with Crippen LogP contribution in [0.25, 0.3) is 108 Å². The summed E-state index contributed by atoms with van der Waals surface area (Å²) in [5, 5.41) is 13.5. The molecule has 0 spiro atoms. The van der Waals surface area contributed by atoms with E-state index in [1.54, 1.807) is 0 Å². The minimum atomic E-state index is 0.912. The first-order chi connectivity index (χ1) is 25.3. The van der Waals surface area contributed by atoms with Gasteiger partial charge in [-0.2, -0.15) is 0 Å². The SMILES string of the molecule is c1ccc(-n2c3cc(-n4c5ccccc5c5cc6c7ccccc7c7cccnc7c6cc54)ccc3c3ccc4sc5ccccc5c4c32)nc1. The third-order valence-electron chi connectivity index (χ3n) is 10.8. The van der Waals surface area contributed by atoms with E-state index in [-0.39, 0.29) is 0 Å². The number of hydrogen-bond acceptors (Lipinski definition) is 3. The van der Waals surface area contributed by atoms with E-state index in [9.17, 15) is 0 Å². The Morgan fingerprint density at radius 3 is 1.98 bits per heavy atom. The van der Waals surface area contributed by atoms with E-state index < -0.39 is 0 Å². The standard InChI is InChI=1S/C46H26N4S/c1-2-11-29-28(10-1)32-14-9-23-48-45(32)37-26-40-36(25-35(29)37)30-12-3-5-15-38(30)49(40)27-18-19-31-33-20-21-42-44(34-13-4-6-16-41(34)51-42)46(33)50(39(31)24-27)43-17-7-8-22-47-43/h1-26H. The lowest BCUT2D eigenvalue weighted by atomic mass is 9.95. The zero-order valence-corrected chi connectivity index (χ0v) is 28.0. The molecule has 236 valence electrons. The molecule has 0 amide bonds. The Labute approximate surface area is 295 Å². The lowest BCUT2D eigenvalue weighted by Crippen LogP contribution is -1.98. The highest BCUT2D eigenvalue weighted by atomic mass is 32.1.